The van der Waals surface area contributed by atoms with E-state index in [1.807, 2.05) is 65.0 Å². The molecule has 8 nitrogen and oxygen atoms in total. The molecule has 0 aliphatic rings. The summed E-state index contributed by atoms with van der Waals surface area (Å²) < 4.78 is 6.96. The summed E-state index contributed by atoms with van der Waals surface area (Å²) in [4.78, 5) is 27.8. The smallest absolute Gasteiger partial charge is 0.322 e. The lowest BCUT2D eigenvalue weighted by Crippen LogP contribution is -2.42. The van der Waals surface area contributed by atoms with Crippen LogP contribution in [0.4, 0.5) is 16.3 Å². The van der Waals surface area contributed by atoms with Crippen molar-refractivity contribution in [3.8, 4) is 11.4 Å². The molecule has 36 heavy (non-hydrogen) atoms. The summed E-state index contributed by atoms with van der Waals surface area (Å²) in [6.07, 6.45) is 0. The van der Waals surface area contributed by atoms with Crippen molar-refractivity contribution in [2.45, 2.75) is 40.0 Å². The lowest BCUT2D eigenvalue weighted by Gasteiger charge is -2.25. The van der Waals surface area contributed by atoms with Crippen LogP contribution in [0.5, 0.6) is 5.75 Å². The van der Waals surface area contributed by atoms with Crippen molar-refractivity contribution in [1.82, 2.24) is 14.7 Å². The number of amides is 3. The predicted octanol–water partition coefficient (Wildman–Crippen LogP) is 5.96. The molecular formula is C27H34ClN5O3. The molecule has 2 aromatic carbocycles. The van der Waals surface area contributed by atoms with Crippen molar-refractivity contribution in [3.05, 3.63) is 65.3 Å². The highest BCUT2D eigenvalue weighted by Gasteiger charge is 2.24. The minimum atomic E-state index is -0.390. The molecule has 3 rings (SSSR count). The van der Waals surface area contributed by atoms with Crippen LogP contribution < -0.4 is 15.4 Å². The zero-order valence-corrected chi connectivity index (χ0v) is 22.4. The molecule has 1 heterocycles. The third kappa shape index (κ3) is 6.79. The largest absolute Gasteiger partial charge is 0.495 e. The number of rotatable bonds is 8. The Morgan fingerprint density at radius 1 is 1.08 bits per heavy atom. The second kappa shape index (κ2) is 11.5. The SMILES string of the molecule is COc1ccccc1NC(=O)N(CC(=O)Nc1cc(C(C)(C)C)nn1-c1ccccc1Cl)CC(C)C. The van der Waals surface area contributed by atoms with E-state index in [2.05, 4.69) is 10.6 Å². The Hall–Kier alpha value is -3.52. The predicted molar refractivity (Wildman–Crippen MR) is 144 cm³/mol. The van der Waals surface area contributed by atoms with E-state index in [0.717, 1.165) is 5.69 Å². The van der Waals surface area contributed by atoms with Gasteiger partial charge in [-0.3, -0.25) is 4.79 Å². The summed E-state index contributed by atoms with van der Waals surface area (Å²) in [7, 11) is 1.54. The topological polar surface area (TPSA) is 88.5 Å². The van der Waals surface area contributed by atoms with E-state index in [9.17, 15) is 9.59 Å². The maximum absolute atomic E-state index is 13.2. The van der Waals surface area contributed by atoms with E-state index in [1.165, 1.54) is 12.0 Å². The Kier molecular flexibility index (Phi) is 8.63. The highest BCUT2D eigenvalue weighted by molar-refractivity contribution is 6.32. The zero-order valence-electron chi connectivity index (χ0n) is 21.6. The summed E-state index contributed by atoms with van der Waals surface area (Å²) >= 11 is 6.43. The molecule has 0 atom stereocenters. The second-order valence-corrected chi connectivity index (χ2v) is 10.4. The summed E-state index contributed by atoms with van der Waals surface area (Å²) in [5, 5.41) is 11.0. The number of aromatic nitrogens is 2. The van der Waals surface area contributed by atoms with E-state index in [0.29, 0.717) is 34.5 Å². The third-order valence-electron chi connectivity index (χ3n) is 5.38. The number of halogens is 1. The van der Waals surface area contributed by atoms with Gasteiger partial charge in [-0.25, -0.2) is 9.48 Å². The number of nitrogens with zero attached hydrogens (tertiary/aromatic N) is 3. The van der Waals surface area contributed by atoms with Crippen molar-refractivity contribution in [1.29, 1.82) is 0 Å². The number of ether oxygens (including phenoxy) is 1. The Morgan fingerprint density at radius 3 is 2.39 bits per heavy atom. The monoisotopic (exact) mass is 511 g/mol. The Labute approximate surface area is 217 Å². The van der Waals surface area contributed by atoms with Gasteiger partial charge in [0.05, 0.1) is 29.2 Å². The number of hydrogen-bond acceptors (Lipinski definition) is 4. The summed E-state index contributed by atoms with van der Waals surface area (Å²) in [5.74, 6) is 0.827. The first-order valence-electron chi connectivity index (χ1n) is 11.8. The molecule has 192 valence electrons. The van der Waals surface area contributed by atoms with Crippen LogP contribution in [-0.2, 0) is 10.2 Å². The fraction of sp³-hybridized carbons (Fsp3) is 0.370. The molecular weight excluding hydrogens is 478 g/mol. The van der Waals surface area contributed by atoms with Gasteiger partial charge in [0.2, 0.25) is 5.91 Å². The molecule has 0 fully saturated rings. The summed E-state index contributed by atoms with van der Waals surface area (Å²) in [6, 6.07) is 15.9. The highest BCUT2D eigenvalue weighted by atomic mass is 35.5. The molecule has 0 spiro atoms. The van der Waals surface area contributed by atoms with Gasteiger partial charge in [0.15, 0.2) is 0 Å². The van der Waals surface area contributed by atoms with Crippen LogP contribution >= 0.6 is 11.6 Å². The van der Waals surface area contributed by atoms with Crippen molar-refractivity contribution >= 4 is 35.0 Å². The van der Waals surface area contributed by atoms with Crippen LogP contribution in [0.3, 0.4) is 0 Å². The van der Waals surface area contributed by atoms with Crippen molar-refractivity contribution in [3.63, 3.8) is 0 Å². The average molecular weight is 512 g/mol. The van der Waals surface area contributed by atoms with Crippen LogP contribution in [0.2, 0.25) is 5.02 Å². The van der Waals surface area contributed by atoms with Gasteiger partial charge in [-0.15, -0.1) is 0 Å². The number of benzene rings is 2. The van der Waals surface area contributed by atoms with E-state index in [4.69, 9.17) is 21.4 Å². The zero-order chi connectivity index (χ0) is 26.5. The van der Waals surface area contributed by atoms with Crippen LogP contribution in [-0.4, -0.2) is 46.8 Å². The fourth-order valence-corrected chi connectivity index (χ4v) is 3.82. The third-order valence-corrected chi connectivity index (χ3v) is 5.70. The van der Waals surface area contributed by atoms with Crippen molar-refractivity contribution in [2.75, 3.05) is 30.8 Å². The van der Waals surface area contributed by atoms with E-state index in [1.54, 1.807) is 28.9 Å². The van der Waals surface area contributed by atoms with E-state index in [-0.39, 0.29) is 23.8 Å². The number of carbonyl (C=O) groups excluding carboxylic acids is 2. The van der Waals surface area contributed by atoms with Gasteiger partial charge in [-0.2, -0.15) is 5.10 Å². The highest BCUT2D eigenvalue weighted by Crippen LogP contribution is 2.29. The summed E-state index contributed by atoms with van der Waals surface area (Å²) in [6.45, 7) is 10.4. The molecule has 0 bridgehead atoms. The molecule has 9 heteroatoms. The number of methoxy groups -OCH3 is 1. The van der Waals surface area contributed by atoms with Gasteiger partial charge in [0, 0.05) is 18.0 Å². The molecule has 0 saturated heterocycles. The van der Waals surface area contributed by atoms with Crippen LogP contribution in [0.25, 0.3) is 5.69 Å². The van der Waals surface area contributed by atoms with Gasteiger partial charge < -0.3 is 20.3 Å². The lowest BCUT2D eigenvalue weighted by molar-refractivity contribution is -0.116. The van der Waals surface area contributed by atoms with Gasteiger partial charge in [0.1, 0.15) is 18.1 Å². The first kappa shape index (κ1) is 27.1. The van der Waals surface area contributed by atoms with Gasteiger partial charge in [0.25, 0.3) is 0 Å². The molecule has 0 unspecified atom stereocenters. The standard InChI is InChI=1S/C27H34ClN5O3/c1-18(2)16-32(26(35)29-20-12-8-10-14-22(20)36-6)17-25(34)30-24-15-23(27(3,4)5)31-33(24)21-13-9-7-11-19(21)28/h7-15,18H,16-17H2,1-6H3,(H,29,35)(H,30,34). The molecule has 3 amide bonds. The molecule has 3 aromatic rings. The molecule has 0 radical (unpaired) electrons. The molecule has 0 saturated carbocycles. The number of anilines is 2. The summed E-state index contributed by atoms with van der Waals surface area (Å²) in [5.41, 5.74) is 1.74. The number of carbonyl (C=O) groups is 2. The van der Waals surface area contributed by atoms with Crippen LogP contribution in [0.1, 0.15) is 40.3 Å². The van der Waals surface area contributed by atoms with Crippen LogP contribution in [0.15, 0.2) is 54.6 Å². The average Bonchev–Trinajstić information content (AvgIpc) is 3.23. The van der Waals surface area contributed by atoms with Gasteiger partial charge >= 0.3 is 6.03 Å². The first-order valence-corrected chi connectivity index (χ1v) is 12.2. The molecule has 0 aliphatic heterocycles. The van der Waals surface area contributed by atoms with Gasteiger partial charge in [-0.05, 0) is 30.2 Å². The number of hydrogen-bond donors (Lipinski definition) is 2. The molecule has 0 aliphatic carbocycles. The maximum atomic E-state index is 13.2. The molecule has 1 aromatic heterocycles. The maximum Gasteiger partial charge on any atom is 0.322 e. The minimum Gasteiger partial charge on any atom is -0.495 e. The van der Waals surface area contributed by atoms with Crippen molar-refractivity contribution < 1.29 is 14.3 Å². The normalized spacial score (nSPS) is 11.3. The van der Waals surface area contributed by atoms with E-state index >= 15 is 0 Å². The van der Waals surface area contributed by atoms with Crippen LogP contribution in [0, 0.1) is 5.92 Å². The minimum absolute atomic E-state index is 0.141. The molecule has 2 N–H and O–H groups in total. The Bertz CT molecular complexity index is 1220. The lowest BCUT2D eigenvalue weighted by atomic mass is 9.92. The number of para-hydroxylation sites is 3. The van der Waals surface area contributed by atoms with E-state index < -0.39 is 6.03 Å². The van der Waals surface area contributed by atoms with Crippen molar-refractivity contribution in [2.24, 2.45) is 5.92 Å². The number of urea groups is 1. The first-order chi connectivity index (χ1) is 17.0. The number of nitrogens with one attached hydrogen (secondary N) is 2. The van der Waals surface area contributed by atoms with Gasteiger partial charge in [-0.1, -0.05) is 70.5 Å². The second-order valence-electron chi connectivity index (χ2n) is 9.98. The Morgan fingerprint density at radius 2 is 1.75 bits per heavy atom. The quantitative estimate of drug-likeness (QED) is 0.390. The fourth-order valence-electron chi connectivity index (χ4n) is 3.60. The Balaban J connectivity index is 1.84.